The number of methoxy groups -OCH3 is 1. The third-order valence-corrected chi connectivity index (χ3v) is 6.05. The predicted molar refractivity (Wildman–Crippen MR) is 82.3 cm³/mol. The lowest BCUT2D eigenvalue weighted by atomic mass is 9.54. The minimum absolute atomic E-state index is 0.339. The molecule has 0 amide bonds. The molecule has 1 aromatic carbocycles. The van der Waals surface area contributed by atoms with Crippen LogP contribution in [-0.4, -0.2) is 18.3 Å². The highest BCUT2D eigenvalue weighted by Gasteiger charge is 2.47. The number of rotatable bonds is 4. The SMILES string of the molecule is COc1ccc(CNC2C3CC4CC(C3)CC2C4)c(O)c1. The van der Waals surface area contributed by atoms with Crippen molar-refractivity contribution < 1.29 is 9.84 Å². The Bertz CT molecular complexity index is 500. The molecule has 5 rings (SSSR count). The second-order valence-electron chi connectivity index (χ2n) is 7.33. The summed E-state index contributed by atoms with van der Waals surface area (Å²) in [6.07, 6.45) is 7.22. The summed E-state index contributed by atoms with van der Waals surface area (Å²) in [5.41, 5.74) is 0.976. The third kappa shape index (κ3) is 2.42. The first-order valence-electron chi connectivity index (χ1n) is 8.32. The maximum absolute atomic E-state index is 10.1. The summed E-state index contributed by atoms with van der Waals surface area (Å²) in [5.74, 6) is 4.83. The molecular weight excluding hydrogens is 262 g/mol. The van der Waals surface area contributed by atoms with Gasteiger partial charge in [-0.15, -0.1) is 0 Å². The fourth-order valence-electron chi connectivity index (χ4n) is 5.31. The van der Waals surface area contributed by atoms with E-state index in [9.17, 15) is 5.11 Å². The molecule has 0 heterocycles. The van der Waals surface area contributed by atoms with Crippen molar-refractivity contribution in [2.45, 2.75) is 44.7 Å². The lowest BCUT2D eigenvalue weighted by molar-refractivity contribution is -0.0143. The molecule has 0 saturated heterocycles. The van der Waals surface area contributed by atoms with E-state index in [0.29, 0.717) is 17.5 Å². The number of aromatic hydroxyl groups is 1. The molecule has 0 radical (unpaired) electrons. The number of benzene rings is 1. The second kappa shape index (κ2) is 5.20. The van der Waals surface area contributed by atoms with Crippen molar-refractivity contribution in [3.05, 3.63) is 23.8 Å². The summed E-state index contributed by atoms with van der Waals surface area (Å²) in [5, 5.41) is 13.8. The zero-order valence-corrected chi connectivity index (χ0v) is 12.7. The van der Waals surface area contributed by atoms with Crippen molar-refractivity contribution in [2.24, 2.45) is 23.7 Å². The summed E-state index contributed by atoms with van der Waals surface area (Å²) < 4.78 is 5.14. The first-order chi connectivity index (χ1) is 10.2. The fourth-order valence-corrected chi connectivity index (χ4v) is 5.31. The molecule has 1 aromatic rings. The molecule has 3 heteroatoms. The van der Waals surface area contributed by atoms with E-state index in [1.54, 1.807) is 13.2 Å². The monoisotopic (exact) mass is 287 g/mol. The van der Waals surface area contributed by atoms with Gasteiger partial charge in [0.1, 0.15) is 11.5 Å². The largest absolute Gasteiger partial charge is 0.507 e. The van der Waals surface area contributed by atoms with Gasteiger partial charge >= 0.3 is 0 Å². The van der Waals surface area contributed by atoms with Gasteiger partial charge in [-0.1, -0.05) is 6.07 Å². The first-order valence-corrected chi connectivity index (χ1v) is 8.32. The van der Waals surface area contributed by atoms with Crippen LogP contribution >= 0.6 is 0 Å². The highest BCUT2D eigenvalue weighted by molar-refractivity contribution is 5.39. The van der Waals surface area contributed by atoms with Crippen LogP contribution in [0.3, 0.4) is 0 Å². The standard InChI is InChI=1S/C18H25NO2/c1-21-16-3-2-13(17(20)9-16)10-19-18-14-5-11-4-12(7-14)8-15(18)6-11/h2-3,9,11-12,14-15,18-20H,4-8,10H2,1H3. The first kappa shape index (κ1) is 13.4. The maximum atomic E-state index is 10.1. The van der Waals surface area contributed by atoms with E-state index in [-0.39, 0.29) is 0 Å². The average Bonchev–Trinajstić information content (AvgIpc) is 2.47. The molecule has 0 aromatic heterocycles. The van der Waals surface area contributed by atoms with Crippen molar-refractivity contribution in [2.75, 3.05) is 7.11 Å². The molecule has 3 nitrogen and oxygen atoms in total. The van der Waals surface area contributed by atoms with E-state index in [0.717, 1.165) is 35.8 Å². The molecule has 21 heavy (non-hydrogen) atoms. The van der Waals surface area contributed by atoms with Crippen molar-refractivity contribution in [1.82, 2.24) is 5.32 Å². The zero-order valence-electron chi connectivity index (χ0n) is 12.7. The molecule has 4 saturated carbocycles. The smallest absolute Gasteiger partial charge is 0.123 e. The lowest BCUT2D eigenvalue weighted by Gasteiger charge is -2.54. The van der Waals surface area contributed by atoms with Crippen LogP contribution < -0.4 is 10.1 Å². The van der Waals surface area contributed by atoms with Crippen LogP contribution in [0.25, 0.3) is 0 Å². The number of phenols is 1. The molecule has 4 aliphatic rings. The summed E-state index contributed by atoms with van der Waals surface area (Å²) in [7, 11) is 1.63. The summed E-state index contributed by atoms with van der Waals surface area (Å²) in [4.78, 5) is 0. The molecule has 0 unspecified atom stereocenters. The molecule has 0 spiro atoms. The van der Waals surface area contributed by atoms with Crippen LogP contribution in [0.2, 0.25) is 0 Å². The Morgan fingerprint density at radius 3 is 2.33 bits per heavy atom. The summed E-state index contributed by atoms with van der Waals surface area (Å²) in [6, 6.07) is 6.26. The van der Waals surface area contributed by atoms with E-state index in [2.05, 4.69) is 5.32 Å². The Labute approximate surface area is 126 Å². The van der Waals surface area contributed by atoms with Gasteiger partial charge in [0.2, 0.25) is 0 Å². The number of hydrogen-bond donors (Lipinski definition) is 2. The molecule has 0 atom stereocenters. The van der Waals surface area contributed by atoms with Crippen LogP contribution in [0.1, 0.15) is 37.7 Å². The zero-order chi connectivity index (χ0) is 14.4. The maximum Gasteiger partial charge on any atom is 0.123 e. The van der Waals surface area contributed by atoms with E-state index < -0.39 is 0 Å². The minimum atomic E-state index is 0.339. The van der Waals surface area contributed by atoms with Gasteiger partial charge in [-0.3, -0.25) is 0 Å². The molecule has 4 aliphatic carbocycles. The van der Waals surface area contributed by atoms with Gasteiger partial charge in [0.25, 0.3) is 0 Å². The Morgan fingerprint density at radius 1 is 1.10 bits per heavy atom. The molecule has 114 valence electrons. The van der Waals surface area contributed by atoms with Gasteiger partial charge in [0.15, 0.2) is 0 Å². The number of phenolic OH excluding ortho intramolecular Hbond substituents is 1. The Balaban J connectivity index is 1.43. The fraction of sp³-hybridized carbons (Fsp3) is 0.667. The molecule has 4 bridgehead atoms. The van der Waals surface area contributed by atoms with E-state index >= 15 is 0 Å². The Kier molecular flexibility index (Phi) is 3.33. The predicted octanol–water partition coefficient (Wildman–Crippen LogP) is 3.32. The normalized spacial score (nSPS) is 36.9. The van der Waals surface area contributed by atoms with Crippen molar-refractivity contribution in [1.29, 1.82) is 0 Å². The van der Waals surface area contributed by atoms with Crippen LogP contribution in [0.15, 0.2) is 18.2 Å². The Morgan fingerprint density at radius 2 is 1.76 bits per heavy atom. The number of ether oxygens (including phenoxy) is 1. The molecule has 0 aliphatic heterocycles. The van der Waals surface area contributed by atoms with Gasteiger partial charge in [-0.2, -0.15) is 0 Å². The van der Waals surface area contributed by atoms with Crippen LogP contribution in [-0.2, 0) is 6.54 Å². The van der Waals surface area contributed by atoms with Gasteiger partial charge < -0.3 is 15.2 Å². The van der Waals surface area contributed by atoms with Crippen molar-refractivity contribution >= 4 is 0 Å². The number of nitrogens with one attached hydrogen (secondary N) is 1. The molecular formula is C18H25NO2. The highest BCUT2D eigenvalue weighted by atomic mass is 16.5. The molecule has 4 fully saturated rings. The Hall–Kier alpha value is -1.22. The van der Waals surface area contributed by atoms with Crippen LogP contribution in [0.4, 0.5) is 0 Å². The third-order valence-electron chi connectivity index (χ3n) is 6.05. The second-order valence-corrected chi connectivity index (χ2v) is 7.33. The van der Waals surface area contributed by atoms with Gasteiger partial charge in [-0.05, 0) is 61.8 Å². The quantitative estimate of drug-likeness (QED) is 0.892. The number of hydrogen-bond acceptors (Lipinski definition) is 3. The highest BCUT2D eigenvalue weighted by Crippen LogP contribution is 2.53. The molecule has 2 N–H and O–H groups in total. The van der Waals surface area contributed by atoms with Crippen LogP contribution in [0.5, 0.6) is 11.5 Å². The van der Waals surface area contributed by atoms with Crippen molar-refractivity contribution in [3.63, 3.8) is 0 Å². The van der Waals surface area contributed by atoms with Crippen molar-refractivity contribution in [3.8, 4) is 11.5 Å². The summed E-state index contributed by atoms with van der Waals surface area (Å²) >= 11 is 0. The van der Waals surface area contributed by atoms with Gasteiger partial charge in [0.05, 0.1) is 7.11 Å². The van der Waals surface area contributed by atoms with Gasteiger partial charge in [-0.25, -0.2) is 0 Å². The average molecular weight is 287 g/mol. The van der Waals surface area contributed by atoms with Crippen LogP contribution in [0, 0.1) is 23.7 Å². The topological polar surface area (TPSA) is 41.5 Å². The van der Waals surface area contributed by atoms with Gasteiger partial charge in [0, 0.05) is 24.2 Å². The lowest BCUT2D eigenvalue weighted by Crippen LogP contribution is -2.54. The summed E-state index contributed by atoms with van der Waals surface area (Å²) in [6.45, 7) is 0.767. The van der Waals surface area contributed by atoms with E-state index in [1.165, 1.54) is 32.1 Å². The van der Waals surface area contributed by atoms with E-state index in [1.807, 2.05) is 12.1 Å². The van der Waals surface area contributed by atoms with E-state index in [4.69, 9.17) is 4.74 Å². The minimum Gasteiger partial charge on any atom is -0.507 e.